The van der Waals surface area contributed by atoms with Gasteiger partial charge in [0.1, 0.15) is 11.3 Å². The van der Waals surface area contributed by atoms with Gasteiger partial charge in [-0.25, -0.2) is 14.4 Å². The molecule has 142 valence electrons. The van der Waals surface area contributed by atoms with Crippen LogP contribution in [0.15, 0.2) is 36.4 Å². The number of aliphatic carboxylic acids is 1. The number of carbonyl (C=O) groups is 3. The Morgan fingerprint density at radius 2 is 1.59 bits per heavy atom. The summed E-state index contributed by atoms with van der Waals surface area (Å²) in [5.41, 5.74) is -0.285. The van der Waals surface area contributed by atoms with Gasteiger partial charge in [-0.05, 0) is 81.6 Å². The Kier molecular flexibility index (Phi) is 6.56. The zero-order valence-corrected chi connectivity index (χ0v) is 17.2. The molecule has 0 radical (unpaired) electrons. The lowest BCUT2D eigenvalue weighted by Crippen LogP contribution is -2.34. The zero-order valence-electron chi connectivity index (χ0n) is 12.9. The molecule has 0 saturated heterocycles. The van der Waals surface area contributed by atoms with Gasteiger partial charge in [-0.2, -0.15) is 8.78 Å². The Hall–Kier alpha value is -2.03. The van der Waals surface area contributed by atoms with Crippen LogP contribution in [0.2, 0.25) is 0 Å². The molecule has 0 bridgehead atoms. The number of hydrogen-bond donors (Lipinski definition) is 2. The molecular weight excluding hydrogens is 596 g/mol. The van der Waals surface area contributed by atoms with Crippen LogP contribution in [0.25, 0.3) is 0 Å². The van der Waals surface area contributed by atoms with Crippen LogP contribution in [0.1, 0.15) is 20.7 Å². The maximum absolute atomic E-state index is 13.0. The molecule has 0 saturated carbocycles. The minimum Gasteiger partial charge on any atom is -0.478 e. The van der Waals surface area contributed by atoms with Crippen LogP contribution in [0, 0.1) is 7.14 Å². The summed E-state index contributed by atoms with van der Waals surface area (Å²) >= 11 is 3.74. The first kappa shape index (κ1) is 21.3. The average Bonchev–Trinajstić information content (AvgIpc) is 2.56. The van der Waals surface area contributed by atoms with Crippen LogP contribution in [-0.2, 0) is 4.79 Å². The van der Waals surface area contributed by atoms with E-state index in [0.717, 1.165) is 24.3 Å². The molecule has 0 spiro atoms. The maximum atomic E-state index is 13.0. The summed E-state index contributed by atoms with van der Waals surface area (Å²) in [5, 5.41) is 17.6. The van der Waals surface area contributed by atoms with Crippen molar-refractivity contribution in [1.29, 1.82) is 0 Å². The summed E-state index contributed by atoms with van der Waals surface area (Å²) in [6.07, 6.45) is -4.42. The highest BCUT2D eigenvalue weighted by Gasteiger charge is 2.42. The van der Waals surface area contributed by atoms with E-state index in [1.807, 2.05) is 45.2 Å². The molecule has 0 atom stereocenters. The quantitative estimate of drug-likeness (QED) is 0.293. The van der Waals surface area contributed by atoms with E-state index in [2.05, 4.69) is 4.74 Å². The molecule has 0 aliphatic carbocycles. The predicted molar refractivity (Wildman–Crippen MR) is 103 cm³/mol. The third-order valence-corrected chi connectivity index (χ3v) is 4.44. The summed E-state index contributed by atoms with van der Waals surface area (Å²) in [6, 6.07) is 7.03. The summed E-state index contributed by atoms with van der Waals surface area (Å²) in [5.74, 6) is -5.29. The second-order valence-corrected chi connectivity index (χ2v) is 7.32. The molecule has 0 fully saturated rings. The smallest absolute Gasteiger partial charge is 0.478 e. The van der Waals surface area contributed by atoms with Crippen molar-refractivity contribution in [2.75, 3.05) is 0 Å². The first-order valence-corrected chi connectivity index (χ1v) is 9.02. The molecule has 7 nitrogen and oxygen atoms in total. The Morgan fingerprint density at radius 3 is 2.11 bits per heavy atom. The number of aromatic carboxylic acids is 1. The molecule has 0 aromatic heterocycles. The second-order valence-electron chi connectivity index (χ2n) is 4.91. The number of esters is 1. The number of hydrogen-bond acceptors (Lipinski definition) is 5. The fraction of sp³-hybridized carbons (Fsp3) is 0.0625. The summed E-state index contributed by atoms with van der Waals surface area (Å²) in [6.45, 7) is 0. The van der Waals surface area contributed by atoms with E-state index in [4.69, 9.17) is 9.84 Å². The molecule has 0 aliphatic rings. The fourth-order valence-corrected chi connectivity index (χ4v) is 3.78. The van der Waals surface area contributed by atoms with Crippen molar-refractivity contribution >= 4 is 63.1 Å². The topological polar surface area (TPSA) is 110 Å². The summed E-state index contributed by atoms with van der Waals surface area (Å²) in [4.78, 5) is 33.9. The molecule has 0 aliphatic heterocycles. The summed E-state index contributed by atoms with van der Waals surface area (Å²) < 4.78 is 36.2. The summed E-state index contributed by atoms with van der Waals surface area (Å²) in [7, 11) is 0. The SMILES string of the molecule is O=C(Oc1c(I)cc(I)cc1C(=O)O)c1ccc(OC(F)(F)C(=O)O)cc1. The molecule has 0 heterocycles. The highest BCUT2D eigenvalue weighted by atomic mass is 127. The van der Waals surface area contributed by atoms with E-state index in [1.165, 1.54) is 6.07 Å². The standard InChI is InChI=1S/C16H8F2I2O7/c17-16(18,15(24)25)27-9-3-1-7(2-4-9)14(23)26-12-10(13(21)22)5-8(19)6-11(12)20/h1-6H,(H,21,22)(H,24,25). The maximum Gasteiger partial charge on any atom is 0.501 e. The molecule has 0 amide bonds. The third-order valence-electron chi connectivity index (χ3n) is 3.02. The van der Waals surface area contributed by atoms with Gasteiger partial charge in [0, 0.05) is 3.57 Å². The van der Waals surface area contributed by atoms with Gasteiger partial charge in [-0.15, -0.1) is 0 Å². The molecule has 27 heavy (non-hydrogen) atoms. The van der Waals surface area contributed by atoms with Gasteiger partial charge in [0.05, 0.1) is 9.13 Å². The van der Waals surface area contributed by atoms with Crippen LogP contribution >= 0.6 is 45.2 Å². The van der Waals surface area contributed by atoms with Gasteiger partial charge in [-0.3, -0.25) is 0 Å². The lowest BCUT2D eigenvalue weighted by atomic mass is 10.2. The first-order chi connectivity index (χ1) is 12.5. The largest absolute Gasteiger partial charge is 0.501 e. The van der Waals surface area contributed by atoms with Gasteiger partial charge in [0.25, 0.3) is 0 Å². The van der Waals surface area contributed by atoms with Crippen molar-refractivity contribution in [1.82, 2.24) is 0 Å². The van der Waals surface area contributed by atoms with E-state index in [-0.39, 0.29) is 16.9 Å². The molecule has 2 rings (SSSR count). The Bertz CT molecular complexity index is 914. The number of benzene rings is 2. The molecule has 2 aromatic carbocycles. The number of carboxylic acids is 2. The van der Waals surface area contributed by atoms with Gasteiger partial charge >= 0.3 is 24.0 Å². The van der Waals surface area contributed by atoms with E-state index in [0.29, 0.717) is 7.14 Å². The second kappa shape index (κ2) is 8.33. The highest BCUT2D eigenvalue weighted by molar-refractivity contribution is 14.1. The van der Waals surface area contributed by atoms with Crippen LogP contribution in [0.5, 0.6) is 11.5 Å². The number of carboxylic acid groups (broad SMARTS) is 2. The van der Waals surface area contributed by atoms with Crippen molar-refractivity contribution < 1.29 is 42.9 Å². The van der Waals surface area contributed by atoms with E-state index >= 15 is 0 Å². The monoisotopic (exact) mass is 604 g/mol. The van der Waals surface area contributed by atoms with Gasteiger partial charge in [0.15, 0.2) is 5.75 Å². The Balaban J connectivity index is 2.23. The first-order valence-electron chi connectivity index (χ1n) is 6.86. The lowest BCUT2D eigenvalue weighted by molar-refractivity contribution is -0.210. The molecular formula is C16H8F2I2O7. The number of carbonyl (C=O) groups excluding carboxylic acids is 1. The van der Waals surface area contributed by atoms with Crippen LogP contribution < -0.4 is 9.47 Å². The highest BCUT2D eigenvalue weighted by Crippen LogP contribution is 2.29. The van der Waals surface area contributed by atoms with Gasteiger partial charge in [0.2, 0.25) is 0 Å². The predicted octanol–water partition coefficient (Wildman–Crippen LogP) is 3.87. The minimum absolute atomic E-state index is 0.0771. The van der Waals surface area contributed by atoms with Crippen LogP contribution in [0.4, 0.5) is 8.78 Å². The number of alkyl halides is 2. The molecule has 2 aromatic rings. The van der Waals surface area contributed by atoms with Crippen molar-refractivity contribution in [2.24, 2.45) is 0 Å². The van der Waals surface area contributed by atoms with E-state index in [9.17, 15) is 28.3 Å². The van der Waals surface area contributed by atoms with Gasteiger partial charge < -0.3 is 19.7 Å². The van der Waals surface area contributed by atoms with Crippen LogP contribution in [0.3, 0.4) is 0 Å². The Morgan fingerprint density at radius 1 is 1.00 bits per heavy atom. The number of ether oxygens (including phenoxy) is 2. The fourth-order valence-electron chi connectivity index (χ4n) is 1.83. The van der Waals surface area contributed by atoms with E-state index < -0.39 is 29.8 Å². The van der Waals surface area contributed by atoms with Crippen molar-refractivity contribution in [3.8, 4) is 11.5 Å². The molecule has 11 heteroatoms. The minimum atomic E-state index is -4.42. The van der Waals surface area contributed by atoms with Gasteiger partial charge in [-0.1, -0.05) is 0 Å². The molecule has 0 unspecified atom stereocenters. The number of rotatable bonds is 6. The molecule has 2 N–H and O–H groups in total. The van der Waals surface area contributed by atoms with E-state index in [1.54, 1.807) is 6.07 Å². The lowest BCUT2D eigenvalue weighted by Gasteiger charge is -2.13. The van der Waals surface area contributed by atoms with Crippen molar-refractivity contribution in [3.63, 3.8) is 0 Å². The third kappa shape index (κ3) is 5.24. The average molecular weight is 604 g/mol. The normalized spacial score (nSPS) is 11.0. The van der Waals surface area contributed by atoms with Crippen molar-refractivity contribution in [2.45, 2.75) is 6.11 Å². The Labute approximate surface area is 177 Å². The van der Waals surface area contributed by atoms with Crippen molar-refractivity contribution in [3.05, 3.63) is 54.7 Å². The van der Waals surface area contributed by atoms with Crippen LogP contribution in [-0.4, -0.2) is 34.2 Å². The zero-order chi connectivity index (χ0) is 20.4. The number of halogens is 4.